The lowest BCUT2D eigenvalue weighted by Gasteiger charge is -2.44. The monoisotopic (exact) mass is 594 g/mol. The van der Waals surface area contributed by atoms with E-state index in [-0.39, 0.29) is 11.4 Å². The second-order valence-corrected chi connectivity index (χ2v) is 12.2. The van der Waals surface area contributed by atoms with Gasteiger partial charge in [-0.05, 0) is 63.6 Å². The molecule has 3 aromatic rings. The molecule has 1 aliphatic rings. The number of carbonyl (C=O) groups excluding carboxylic acids is 2. The summed E-state index contributed by atoms with van der Waals surface area (Å²) in [5, 5.41) is 10.3. The van der Waals surface area contributed by atoms with Crippen molar-refractivity contribution in [1.82, 2.24) is 14.3 Å². The van der Waals surface area contributed by atoms with Crippen LogP contribution in [0.25, 0.3) is 5.65 Å². The summed E-state index contributed by atoms with van der Waals surface area (Å²) in [6.45, 7) is 5.08. The number of nitrogens with zero attached hydrogens (tertiary/aromatic N) is 3. The Hall–Kier alpha value is -3.99. The lowest BCUT2D eigenvalue weighted by atomic mass is 9.67. The zero-order chi connectivity index (χ0) is 30.7. The van der Waals surface area contributed by atoms with Crippen molar-refractivity contribution in [3.05, 3.63) is 72.2 Å². The maximum Gasteiger partial charge on any atom is 0.410 e. The third-order valence-corrected chi connectivity index (χ3v) is 8.14. The summed E-state index contributed by atoms with van der Waals surface area (Å²) >= 11 is 5.62. The number of pyridine rings is 1. The molecule has 1 amide bonds. The Morgan fingerprint density at radius 2 is 1.90 bits per heavy atom. The first-order valence-electron chi connectivity index (χ1n) is 14.0. The van der Waals surface area contributed by atoms with Crippen molar-refractivity contribution in [1.29, 1.82) is 0 Å². The molecule has 0 bridgehead atoms. The Balaban J connectivity index is 1.73. The molecule has 0 radical (unpaired) electrons. The average Bonchev–Trinajstić information content (AvgIpc) is 3.40. The SMILES string of the molecule is CN(C(=O)OC(C)(C)C)[C@H](C(=O)OC1CCCCC1(C(N)=S)c1ccc2nccn2c1)C(Cc1ccccc1)C(=O)O. The van der Waals surface area contributed by atoms with Gasteiger partial charge in [-0.1, -0.05) is 55.0 Å². The van der Waals surface area contributed by atoms with Crippen LogP contribution >= 0.6 is 12.2 Å². The number of likely N-dealkylation sites (N-methyl/N-ethyl adjacent to an activating group) is 1. The molecular weight excluding hydrogens is 556 g/mol. The van der Waals surface area contributed by atoms with Crippen molar-refractivity contribution in [3.63, 3.8) is 0 Å². The highest BCUT2D eigenvalue weighted by Gasteiger charge is 2.50. The number of carboxylic acid groups (broad SMARTS) is 1. The smallest absolute Gasteiger partial charge is 0.410 e. The van der Waals surface area contributed by atoms with Gasteiger partial charge in [0.05, 0.1) is 16.3 Å². The van der Waals surface area contributed by atoms with Crippen molar-refractivity contribution in [2.45, 2.75) is 76.0 Å². The summed E-state index contributed by atoms with van der Waals surface area (Å²) in [6.07, 6.45) is 6.32. The molecule has 11 heteroatoms. The van der Waals surface area contributed by atoms with E-state index in [1.165, 1.54) is 7.05 Å². The van der Waals surface area contributed by atoms with Gasteiger partial charge in [0.15, 0.2) is 0 Å². The Bertz CT molecular complexity index is 1450. The molecule has 0 saturated heterocycles. The molecule has 42 heavy (non-hydrogen) atoms. The molecule has 1 saturated carbocycles. The van der Waals surface area contributed by atoms with E-state index in [0.29, 0.717) is 18.4 Å². The van der Waals surface area contributed by atoms with Gasteiger partial charge in [0, 0.05) is 25.6 Å². The number of aromatic nitrogens is 2. The highest BCUT2D eigenvalue weighted by molar-refractivity contribution is 7.80. The van der Waals surface area contributed by atoms with Crippen LogP contribution in [0.2, 0.25) is 0 Å². The predicted octanol–water partition coefficient (Wildman–Crippen LogP) is 4.52. The maximum atomic E-state index is 14.1. The van der Waals surface area contributed by atoms with E-state index in [4.69, 9.17) is 27.4 Å². The summed E-state index contributed by atoms with van der Waals surface area (Å²) in [7, 11) is 1.36. The van der Waals surface area contributed by atoms with Crippen LogP contribution in [0.15, 0.2) is 61.1 Å². The van der Waals surface area contributed by atoms with Crippen molar-refractivity contribution in [2.75, 3.05) is 7.05 Å². The topological polar surface area (TPSA) is 136 Å². The highest BCUT2D eigenvalue weighted by atomic mass is 32.1. The zero-order valence-corrected chi connectivity index (χ0v) is 25.2. The van der Waals surface area contributed by atoms with Gasteiger partial charge in [0.25, 0.3) is 0 Å². The summed E-state index contributed by atoms with van der Waals surface area (Å²) in [5.41, 5.74) is 6.77. The highest BCUT2D eigenvalue weighted by Crippen LogP contribution is 2.42. The Morgan fingerprint density at radius 1 is 1.19 bits per heavy atom. The number of carboxylic acids is 1. The Kier molecular flexibility index (Phi) is 9.20. The van der Waals surface area contributed by atoms with Gasteiger partial charge < -0.3 is 24.7 Å². The van der Waals surface area contributed by atoms with Crippen LogP contribution in [0.4, 0.5) is 4.79 Å². The van der Waals surface area contributed by atoms with Crippen LogP contribution in [0.1, 0.15) is 57.6 Å². The first-order valence-corrected chi connectivity index (χ1v) is 14.4. The molecule has 224 valence electrons. The number of fused-ring (bicyclic) bond motifs is 1. The van der Waals surface area contributed by atoms with E-state index in [0.717, 1.165) is 29.0 Å². The van der Waals surface area contributed by atoms with Gasteiger partial charge in [-0.15, -0.1) is 0 Å². The largest absolute Gasteiger partial charge is 0.481 e. The van der Waals surface area contributed by atoms with E-state index in [2.05, 4.69) is 4.98 Å². The molecule has 2 aromatic heterocycles. The van der Waals surface area contributed by atoms with E-state index < -0.39 is 47.1 Å². The first kappa shape index (κ1) is 31.0. The fraction of sp³-hybridized carbons (Fsp3) is 0.452. The molecule has 3 N–H and O–H groups in total. The molecule has 10 nitrogen and oxygen atoms in total. The van der Waals surface area contributed by atoms with E-state index in [1.807, 2.05) is 35.0 Å². The van der Waals surface area contributed by atoms with Crippen molar-refractivity contribution < 1.29 is 29.0 Å². The van der Waals surface area contributed by atoms with E-state index >= 15 is 0 Å². The summed E-state index contributed by atoms with van der Waals surface area (Å²) in [6, 6.07) is 11.2. The number of imidazole rings is 1. The minimum absolute atomic E-state index is 0.00845. The molecule has 2 heterocycles. The lowest BCUT2D eigenvalue weighted by Crippen LogP contribution is -2.57. The van der Waals surface area contributed by atoms with Crippen LogP contribution in [0.5, 0.6) is 0 Å². The van der Waals surface area contributed by atoms with Gasteiger partial charge in [0.1, 0.15) is 23.4 Å². The summed E-state index contributed by atoms with van der Waals surface area (Å²) in [4.78, 5) is 45.5. The molecule has 3 unspecified atom stereocenters. The predicted molar refractivity (Wildman–Crippen MR) is 161 cm³/mol. The molecule has 1 aromatic carbocycles. The number of ether oxygens (including phenoxy) is 2. The van der Waals surface area contributed by atoms with E-state index in [9.17, 15) is 19.5 Å². The van der Waals surface area contributed by atoms with Crippen molar-refractivity contribution in [3.8, 4) is 0 Å². The average molecular weight is 595 g/mol. The number of aliphatic carboxylic acids is 1. The molecule has 1 fully saturated rings. The zero-order valence-electron chi connectivity index (χ0n) is 24.4. The van der Waals surface area contributed by atoms with Crippen molar-refractivity contribution >= 4 is 40.9 Å². The molecule has 4 atom stereocenters. The Labute approximate surface area is 250 Å². The first-order chi connectivity index (χ1) is 19.8. The molecule has 4 rings (SSSR count). The van der Waals surface area contributed by atoms with Crippen molar-refractivity contribution in [2.24, 2.45) is 11.7 Å². The number of amides is 1. The van der Waals surface area contributed by atoms with Crippen LogP contribution in [-0.2, 0) is 30.9 Å². The standard InChI is InChI=1S/C31H38N4O6S/c1-30(2,3)41-29(39)34(4)25(22(26(36)37)18-20-10-6-5-7-11-20)27(38)40-23-12-8-9-15-31(23,28(32)42)21-13-14-24-33-16-17-35(24)19-21/h5-7,10-11,13-14,16-17,19,22-23,25H,8-9,12,15,18H2,1-4H3,(H2,32,42)(H,36,37)/t22?,23?,25-,31?/m0/s1. The minimum atomic E-state index is -1.49. The number of thiocarbonyl (C=S) groups is 1. The van der Waals surface area contributed by atoms with Crippen LogP contribution in [-0.4, -0.2) is 67.2 Å². The second-order valence-electron chi connectivity index (χ2n) is 11.8. The van der Waals surface area contributed by atoms with Crippen LogP contribution < -0.4 is 5.73 Å². The minimum Gasteiger partial charge on any atom is -0.481 e. The van der Waals surface area contributed by atoms with Crippen LogP contribution in [0, 0.1) is 5.92 Å². The number of hydrogen-bond donors (Lipinski definition) is 2. The quantitative estimate of drug-likeness (QED) is 0.271. The third-order valence-electron chi connectivity index (χ3n) is 7.78. The summed E-state index contributed by atoms with van der Waals surface area (Å²) in [5.74, 6) is -3.42. The molecule has 0 spiro atoms. The summed E-state index contributed by atoms with van der Waals surface area (Å²) < 4.78 is 13.6. The molecule has 0 aliphatic heterocycles. The number of carbonyl (C=O) groups is 3. The molecule has 1 aliphatic carbocycles. The Morgan fingerprint density at radius 3 is 2.55 bits per heavy atom. The second kappa shape index (κ2) is 12.5. The number of hydrogen-bond acceptors (Lipinski definition) is 7. The van der Waals surface area contributed by atoms with Crippen LogP contribution in [0.3, 0.4) is 0 Å². The molecular formula is C31H38N4O6S. The lowest BCUT2D eigenvalue weighted by molar-refractivity contribution is -0.165. The van der Waals surface area contributed by atoms with Gasteiger partial charge in [-0.3, -0.25) is 9.69 Å². The number of benzene rings is 1. The number of esters is 1. The van der Waals surface area contributed by atoms with E-state index in [1.54, 1.807) is 51.2 Å². The third kappa shape index (κ3) is 6.56. The maximum absolute atomic E-state index is 14.1. The van der Waals surface area contributed by atoms with Gasteiger partial charge in [-0.25, -0.2) is 14.6 Å². The van der Waals surface area contributed by atoms with Gasteiger partial charge >= 0.3 is 18.0 Å². The van der Waals surface area contributed by atoms with Gasteiger partial charge in [-0.2, -0.15) is 0 Å². The fourth-order valence-electron chi connectivity index (χ4n) is 5.69. The normalized spacial score (nSPS) is 20.3. The number of rotatable bonds is 9. The fourth-order valence-corrected chi connectivity index (χ4v) is 6.04. The van der Waals surface area contributed by atoms with Gasteiger partial charge in [0.2, 0.25) is 0 Å². The number of nitrogens with two attached hydrogens (primary N) is 1.